The van der Waals surface area contributed by atoms with Crippen molar-refractivity contribution in [3.63, 3.8) is 0 Å². The lowest BCUT2D eigenvalue weighted by Crippen LogP contribution is -2.48. The van der Waals surface area contributed by atoms with Crippen molar-refractivity contribution in [2.45, 2.75) is 110 Å². The third-order valence-corrected chi connectivity index (χ3v) is 6.39. The standard InChI is InChI=1S/C6H10O7.2C6H12O6.C5H8O6.C5H10O5/c7-1-2(8)3(9)4(10)5(11)6(12)13;2*7-1-3(9)5(11)6(12)4(10)2-8;6-1-2(7)3(8)4(9)5(10)11;6-1-3(8)5(10)4(9)2-7/h1-5,8-11H,(H,12,13);2*1,3-6,8-12H,2H2;1-4,7-9H,(H,10,11);1,3-5,7-10H,2H2/t2-,3+,4-,5-;3-,4+,5+,6+;3-,4+,5+,6-;2-,3-,4-;3-,4+,5-/m00000/s1. The lowest BCUT2D eigenvalue weighted by atomic mass is 10.0. The van der Waals surface area contributed by atoms with Crippen molar-refractivity contribution < 1.29 is 151 Å². The number of aldehydes is 5. The summed E-state index contributed by atoms with van der Waals surface area (Å²) in [5.41, 5.74) is 0. The second-order valence-electron chi connectivity index (χ2n) is 10.9. The first-order chi connectivity index (χ1) is 26.6. The van der Waals surface area contributed by atoms with E-state index in [1.54, 1.807) is 0 Å². The zero-order valence-electron chi connectivity index (χ0n) is 29.5. The van der Waals surface area contributed by atoms with Crippen LogP contribution < -0.4 is 0 Å². The first-order valence-corrected chi connectivity index (χ1v) is 15.4. The molecule has 30 heteroatoms. The molecule has 18 atom stereocenters. The second kappa shape index (κ2) is 35.4. The molecule has 0 unspecified atom stereocenters. The van der Waals surface area contributed by atoms with Crippen LogP contribution >= 0.6 is 0 Å². The highest BCUT2D eigenvalue weighted by molar-refractivity contribution is 5.74. The number of aliphatic hydroxyl groups excluding tert-OH is 21. The second-order valence-corrected chi connectivity index (χ2v) is 10.9. The predicted molar refractivity (Wildman–Crippen MR) is 175 cm³/mol. The smallest absolute Gasteiger partial charge is 0.335 e. The number of hydrogen-bond donors (Lipinski definition) is 23. The Morgan fingerprint density at radius 1 is 0.310 bits per heavy atom. The van der Waals surface area contributed by atoms with Gasteiger partial charge < -0.3 is 141 Å². The Hall–Kier alpha value is -3.55. The van der Waals surface area contributed by atoms with E-state index in [2.05, 4.69) is 0 Å². The molecule has 0 saturated carbocycles. The minimum Gasteiger partial charge on any atom is -0.479 e. The molecule has 0 aromatic carbocycles. The van der Waals surface area contributed by atoms with Crippen molar-refractivity contribution in [1.29, 1.82) is 0 Å². The molecule has 0 aliphatic rings. The summed E-state index contributed by atoms with van der Waals surface area (Å²) in [6, 6.07) is 0. The summed E-state index contributed by atoms with van der Waals surface area (Å²) >= 11 is 0. The van der Waals surface area contributed by atoms with E-state index >= 15 is 0 Å². The molecule has 30 nitrogen and oxygen atoms in total. The van der Waals surface area contributed by atoms with Gasteiger partial charge in [-0.1, -0.05) is 0 Å². The van der Waals surface area contributed by atoms with Crippen molar-refractivity contribution in [3.8, 4) is 0 Å². The van der Waals surface area contributed by atoms with Gasteiger partial charge in [-0.25, -0.2) is 9.59 Å². The van der Waals surface area contributed by atoms with E-state index in [4.69, 9.17) is 117 Å². The van der Waals surface area contributed by atoms with E-state index in [0.29, 0.717) is 0 Å². The Morgan fingerprint density at radius 2 is 0.500 bits per heavy atom. The Labute approximate surface area is 324 Å². The van der Waals surface area contributed by atoms with Crippen LogP contribution in [0.1, 0.15) is 0 Å². The van der Waals surface area contributed by atoms with Crippen LogP contribution in [0, 0.1) is 0 Å². The molecule has 58 heavy (non-hydrogen) atoms. The molecule has 0 aromatic rings. The number of carbonyl (C=O) groups excluding carboxylic acids is 5. The highest BCUT2D eigenvalue weighted by Crippen LogP contribution is 2.05. The van der Waals surface area contributed by atoms with Gasteiger partial charge in [-0.05, 0) is 0 Å². The number of carboxylic acids is 2. The summed E-state index contributed by atoms with van der Waals surface area (Å²) in [6.45, 7) is -2.21. The molecule has 0 fully saturated rings. The number of rotatable bonds is 23. The highest BCUT2D eigenvalue weighted by Gasteiger charge is 2.34. The van der Waals surface area contributed by atoms with E-state index in [0.717, 1.165) is 0 Å². The molecule has 0 amide bonds. The van der Waals surface area contributed by atoms with E-state index in [1.165, 1.54) is 0 Å². The van der Waals surface area contributed by atoms with Crippen molar-refractivity contribution >= 4 is 43.4 Å². The molecule has 0 rings (SSSR count). The molecular weight excluding hydrogens is 816 g/mol. The van der Waals surface area contributed by atoms with Gasteiger partial charge in [-0.15, -0.1) is 0 Å². The summed E-state index contributed by atoms with van der Waals surface area (Å²) in [6.07, 6.45) is -32.8. The van der Waals surface area contributed by atoms with Crippen molar-refractivity contribution in [1.82, 2.24) is 0 Å². The summed E-state index contributed by atoms with van der Waals surface area (Å²) < 4.78 is 0. The van der Waals surface area contributed by atoms with Crippen LogP contribution in [0.3, 0.4) is 0 Å². The van der Waals surface area contributed by atoms with E-state index in [9.17, 15) is 33.6 Å². The molecular formula is C28H52O30. The lowest BCUT2D eigenvalue weighted by Gasteiger charge is -2.22. The number of aliphatic hydroxyl groups is 21. The molecule has 0 radical (unpaired) electrons. The first-order valence-electron chi connectivity index (χ1n) is 15.4. The van der Waals surface area contributed by atoms with Gasteiger partial charge in [0, 0.05) is 0 Å². The average Bonchev–Trinajstić information content (AvgIpc) is 3.24. The molecule has 344 valence electrons. The van der Waals surface area contributed by atoms with Crippen molar-refractivity contribution in [3.05, 3.63) is 0 Å². The van der Waals surface area contributed by atoms with Gasteiger partial charge in [-0.2, -0.15) is 0 Å². The van der Waals surface area contributed by atoms with Crippen LogP contribution in [0.15, 0.2) is 0 Å². The minimum absolute atomic E-state index is 0.0258. The number of aliphatic carboxylic acids is 2. The summed E-state index contributed by atoms with van der Waals surface area (Å²) in [4.78, 5) is 69.2. The average molecular weight is 869 g/mol. The van der Waals surface area contributed by atoms with E-state index in [-0.39, 0.29) is 31.4 Å². The van der Waals surface area contributed by atoms with Gasteiger partial charge >= 0.3 is 11.9 Å². The Balaban J connectivity index is -0.000000202. The summed E-state index contributed by atoms with van der Waals surface area (Å²) in [7, 11) is 0. The predicted octanol–water partition coefficient (Wildman–Crippen LogP) is -15.4. The van der Waals surface area contributed by atoms with Crippen LogP contribution in [-0.2, 0) is 33.6 Å². The van der Waals surface area contributed by atoms with Gasteiger partial charge in [0.1, 0.15) is 97.7 Å². The maximum atomic E-state index is 10.1. The fraction of sp³-hybridized carbons (Fsp3) is 0.750. The topological polar surface area (TPSA) is 585 Å². The molecule has 0 spiro atoms. The van der Waals surface area contributed by atoms with Gasteiger partial charge in [0.25, 0.3) is 0 Å². The molecule has 23 N–H and O–H groups in total. The fourth-order valence-corrected chi connectivity index (χ4v) is 2.68. The molecule has 0 aliphatic carbocycles. The van der Waals surface area contributed by atoms with Gasteiger partial charge in [0.2, 0.25) is 0 Å². The van der Waals surface area contributed by atoms with Crippen LogP contribution in [-0.4, -0.2) is 291 Å². The van der Waals surface area contributed by atoms with Crippen molar-refractivity contribution in [2.75, 3.05) is 19.8 Å². The summed E-state index contributed by atoms with van der Waals surface area (Å²) in [5, 5.41) is 198. The van der Waals surface area contributed by atoms with Crippen LogP contribution in [0.2, 0.25) is 0 Å². The van der Waals surface area contributed by atoms with E-state index < -0.39 is 142 Å². The van der Waals surface area contributed by atoms with Crippen LogP contribution in [0.25, 0.3) is 0 Å². The molecule has 0 heterocycles. The van der Waals surface area contributed by atoms with E-state index in [1.807, 2.05) is 0 Å². The van der Waals surface area contributed by atoms with Crippen LogP contribution in [0.4, 0.5) is 0 Å². The SMILES string of the molecule is O=C[C@H](O)[C@@H](O)[C@@H](O)[C@H](O)CO.O=C[C@H](O)[C@@H](O)[C@H](O)[C@H](O)C(=O)O.O=C[C@H](O)[C@@H](O)[C@H](O)[C@H](O)CO.O=C[C@H](O)[C@H](O)[C@H](O)C(=O)O.O=C[C@H](O)[C@H](O)[C@H](O)CO. The number of carboxylic acid groups (broad SMARTS) is 2. The Morgan fingerprint density at radius 3 is 0.724 bits per heavy atom. The first kappa shape index (κ1) is 63.6. The van der Waals surface area contributed by atoms with Gasteiger partial charge in [0.15, 0.2) is 43.6 Å². The third kappa shape index (κ3) is 26.5. The number of hydrogen-bond acceptors (Lipinski definition) is 28. The molecule has 0 aromatic heterocycles. The molecule has 0 bridgehead atoms. The summed E-state index contributed by atoms with van der Waals surface area (Å²) in [5.74, 6) is -3.46. The maximum Gasteiger partial charge on any atom is 0.335 e. The normalized spacial score (nSPS) is 20.1. The number of carbonyl (C=O) groups is 7. The quantitative estimate of drug-likeness (QED) is 0.0424. The Kier molecular flexibility index (Phi) is 38.8. The van der Waals surface area contributed by atoms with Gasteiger partial charge in [-0.3, -0.25) is 0 Å². The van der Waals surface area contributed by atoms with Gasteiger partial charge in [0.05, 0.1) is 19.8 Å². The monoisotopic (exact) mass is 868 g/mol. The van der Waals surface area contributed by atoms with Crippen molar-refractivity contribution in [2.24, 2.45) is 0 Å². The fourth-order valence-electron chi connectivity index (χ4n) is 2.68. The highest BCUT2D eigenvalue weighted by atomic mass is 16.4. The largest absolute Gasteiger partial charge is 0.479 e. The minimum atomic E-state index is -2.25. The van der Waals surface area contributed by atoms with Crippen LogP contribution in [0.5, 0.6) is 0 Å². The third-order valence-electron chi connectivity index (χ3n) is 6.39. The molecule has 0 saturated heterocycles. The zero-order valence-corrected chi connectivity index (χ0v) is 29.5. The zero-order chi connectivity index (χ0) is 47.2. The molecule has 0 aliphatic heterocycles. The Bertz CT molecular complexity index is 1080. The lowest BCUT2D eigenvalue weighted by molar-refractivity contribution is -0.163. The maximum absolute atomic E-state index is 10.1.